The molecule has 0 saturated carbocycles. The number of fused-ring (bicyclic) bond motifs is 3. The van der Waals surface area contributed by atoms with Gasteiger partial charge in [-0.3, -0.25) is 14.6 Å². The van der Waals surface area contributed by atoms with E-state index in [0.29, 0.717) is 52.3 Å². The van der Waals surface area contributed by atoms with Gasteiger partial charge in [-0.15, -0.1) is 0 Å². The number of carbonyl (C=O) groups is 2. The van der Waals surface area contributed by atoms with Gasteiger partial charge in [-0.05, 0) is 103 Å². The minimum absolute atomic E-state index is 0.0438. The highest BCUT2D eigenvalue weighted by molar-refractivity contribution is 6.43. The van der Waals surface area contributed by atoms with E-state index in [0.717, 1.165) is 11.6 Å². The van der Waals surface area contributed by atoms with Gasteiger partial charge in [0.1, 0.15) is 0 Å². The number of alkyl halides is 6. The quantitative estimate of drug-likeness (QED) is 0.106. The first kappa shape index (κ1) is 36.3. The van der Waals surface area contributed by atoms with E-state index in [4.69, 9.17) is 4.65 Å². The van der Waals surface area contributed by atoms with Crippen LogP contribution in [0.3, 0.4) is 0 Å². The smallest absolute Gasteiger partial charge is 0.455 e. The van der Waals surface area contributed by atoms with Gasteiger partial charge in [0.05, 0.1) is 40.4 Å². The number of aromatic hydroxyl groups is 1. The first-order chi connectivity index (χ1) is 24.1. The molecule has 1 aromatic heterocycles. The van der Waals surface area contributed by atoms with Crippen LogP contribution in [0.5, 0.6) is 5.75 Å². The van der Waals surface area contributed by atoms with Crippen LogP contribution >= 0.6 is 0 Å². The maximum atomic E-state index is 14.2. The number of nitrogens with zero attached hydrogens (tertiary/aromatic N) is 2. The highest BCUT2D eigenvalue weighted by Crippen LogP contribution is 2.53. The van der Waals surface area contributed by atoms with Crippen LogP contribution in [0, 0.1) is 23.6 Å². The number of anilines is 1. The van der Waals surface area contributed by atoms with Crippen LogP contribution in [-0.2, 0) is 26.6 Å². The number of allylic oxidation sites excluding steroid dienone is 2. The molecule has 2 amide bonds. The average Bonchev–Trinajstić information content (AvgIpc) is 3.32. The Morgan fingerprint density at radius 2 is 1.71 bits per heavy atom. The van der Waals surface area contributed by atoms with E-state index < -0.39 is 83.5 Å². The van der Waals surface area contributed by atoms with Crippen molar-refractivity contribution in [2.24, 2.45) is 17.8 Å². The Morgan fingerprint density at radius 3 is 2.31 bits per heavy atom. The second kappa shape index (κ2) is 13.9. The van der Waals surface area contributed by atoms with Gasteiger partial charge < -0.3 is 14.8 Å². The van der Waals surface area contributed by atoms with Crippen LogP contribution in [-0.4, -0.2) is 40.2 Å². The molecule has 0 radical (unpaired) electrons. The largest absolute Gasteiger partial charge is 0.505 e. The number of amides is 2. The Bertz CT molecular complexity index is 1860. The summed E-state index contributed by atoms with van der Waals surface area (Å²) in [6.07, 6.45) is -6.31. The Hall–Kier alpha value is -4.50. The molecule has 0 spiro atoms. The lowest BCUT2D eigenvalue weighted by atomic mass is 9.58. The molecule has 2 fully saturated rings. The summed E-state index contributed by atoms with van der Waals surface area (Å²) in [6, 6.07) is 9.83. The van der Waals surface area contributed by atoms with Gasteiger partial charge in [-0.25, -0.2) is 9.29 Å². The number of halogens is 7. The Balaban J connectivity index is 1.35. The summed E-state index contributed by atoms with van der Waals surface area (Å²) < 4.78 is 102. The average molecular weight is 716 g/mol. The van der Waals surface area contributed by atoms with Gasteiger partial charge in [0.2, 0.25) is 11.8 Å². The van der Waals surface area contributed by atoms with E-state index >= 15 is 0 Å². The number of phenolic OH excluding ortho intramolecular Hbond substituents is 1. The van der Waals surface area contributed by atoms with Crippen LogP contribution in [0.1, 0.15) is 61.4 Å². The summed E-state index contributed by atoms with van der Waals surface area (Å²) in [7, 11) is -1.39. The van der Waals surface area contributed by atoms with E-state index in [2.05, 4.69) is 4.98 Å². The van der Waals surface area contributed by atoms with Crippen molar-refractivity contribution in [3.8, 4) is 5.75 Å². The number of phenols is 1. The Labute approximate surface area is 288 Å². The fraction of sp³-hybridized carbons (Fsp3) is 0.361. The third-order valence-electron chi connectivity index (χ3n) is 9.67. The number of carbonyl (C=O) groups excluding carboxylic acids is 2. The van der Waals surface area contributed by atoms with Crippen molar-refractivity contribution < 1.29 is 55.1 Å². The number of hydrogen-bond donors (Lipinski definition) is 2. The third-order valence-corrected chi connectivity index (χ3v) is 9.67. The van der Waals surface area contributed by atoms with E-state index in [1.54, 1.807) is 30.5 Å². The zero-order chi connectivity index (χ0) is 36.8. The van der Waals surface area contributed by atoms with Gasteiger partial charge in [0.25, 0.3) is 0 Å². The van der Waals surface area contributed by atoms with Crippen molar-refractivity contribution in [3.05, 3.63) is 100 Å². The molecule has 6 rings (SSSR count). The van der Waals surface area contributed by atoms with E-state index in [1.807, 2.05) is 6.92 Å². The molecule has 1 aliphatic carbocycles. The lowest BCUT2D eigenvalue weighted by Gasteiger charge is -2.43. The summed E-state index contributed by atoms with van der Waals surface area (Å²) in [5.41, 5.74) is -0.982. The van der Waals surface area contributed by atoms with Gasteiger partial charge >= 0.3 is 19.5 Å². The van der Waals surface area contributed by atoms with Crippen molar-refractivity contribution in [2.45, 2.75) is 63.8 Å². The topological polar surface area (TPSA) is 100.0 Å². The molecule has 3 aromatic rings. The Kier molecular flexibility index (Phi) is 9.90. The lowest BCUT2D eigenvalue weighted by Crippen LogP contribution is -2.46. The summed E-state index contributed by atoms with van der Waals surface area (Å²) in [4.78, 5) is 32.7. The molecule has 7 nitrogen and oxygen atoms in total. The molecule has 2 saturated heterocycles. The van der Waals surface area contributed by atoms with Crippen LogP contribution in [0.25, 0.3) is 11.6 Å². The summed E-state index contributed by atoms with van der Waals surface area (Å²) >= 11 is 0. The van der Waals surface area contributed by atoms with Crippen molar-refractivity contribution in [1.82, 2.24) is 4.98 Å². The zero-order valence-corrected chi connectivity index (χ0v) is 27.1. The van der Waals surface area contributed by atoms with Gasteiger partial charge in [-0.2, -0.15) is 26.3 Å². The van der Waals surface area contributed by atoms with E-state index in [-0.39, 0.29) is 31.6 Å². The lowest BCUT2D eigenvalue weighted by molar-refractivity contribution is -0.143. The number of imide groups is 1. The molecule has 4 atom stereocenters. The molecule has 0 bridgehead atoms. The van der Waals surface area contributed by atoms with Crippen LogP contribution in [0.15, 0.2) is 71.9 Å². The second-order valence-corrected chi connectivity index (χ2v) is 13.0. The van der Waals surface area contributed by atoms with Gasteiger partial charge in [0, 0.05) is 6.20 Å². The fourth-order valence-corrected chi connectivity index (χ4v) is 7.55. The molecular weight excluding hydrogens is 684 g/mol. The molecule has 0 unspecified atom stereocenters. The first-order valence-electron chi connectivity index (χ1n) is 16.4. The summed E-state index contributed by atoms with van der Waals surface area (Å²) in [6.45, 7) is 1.90. The number of hydrogen-bond acceptors (Lipinski definition) is 6. The summed E-state index contributed by atoms with van der Waals surface area (Å²) in [5.74, 6) is -6.15. The summed E-state index contributed by atoms with van der Waals surface area (Å²) in [5, 5.41) is 20.6. The van der Waals surface area contributed by atoms with Crippen LogP contribution < -0.4 is 4.90 Å². The second-order valence-electron chi connectivity index (χ2n) is 13.0. The normalized spacial score (nSPS) is 22.8. The third kappa shape index (κ3) is 7.32. The zero-order valence-electron chi connectivity index (χ0n) is 27.1. The molecule has 15 heteroatoms. The van der Waals surface area contributed by atoms with Crippen molar-refractivity contribution >= 4 is 36.3 Å². The molecule has 2 aliphatic heterocycles. The molecule has 2 N–H and O–H groups in total. The molecule has 3 heterocycles. The van der Waals surface area contributed by atoms with Crippen LogP contribution in [0.2, 0.25) is 6.32 Å². The first-order valence-corrected chi connectivity index (χ1v) is 16.4. The standard InChI is InChI=1S/C36H32BF7N2O5/c1-2-5-21-14-25-32(34(49)46(33(25)48)24-16-22(35(39,40)41)15-23(17-24)36(42,43)44)26-18-37(50)51-30(31(21)26)10-8-20(28-6-3-4-11-45-28)12-19-7-9-29(47)27(38)13-19/h3-4,6-7,9,11-13,15-17,25-26,30,32,47,50H,2,5,8,10,14,18H2,1H3/b20-12-/t25-,26+,30-,32-/m1/s1. The number of benzene rings is 2. The highest BCUT2D eigenvalue weighted by Gasteiger charge is 2.58. The maximum Gasteiger partial charge on any atom is 0.455 e. The molecule has 2 aromatic carbocycles. The maximum absolute atomic E-state index is 14.2. The van der Waals surface area contributed by atoms with E-state index in [1.165, 1.54) is 12.1 Å². The molecule has 51 heavy (non-hydrogen) atoms. The minimum Gasteiger partial charge on any atom is -0.505 e. The van der Waals surface area contributed by atoms with Gasteiger partial charge in [-0.1, -0.05) is 31.1 Å². The fourth-order valence-electron chi connectivity index (χ4n) is 7.55. The predicted molar refractivity (Wildman–Crippen MR) is 173 cm³/mol. The van der Waals surface area contributed by atoms with Gasteiger partial charge in [0.15, 0.2) is 11.6 Å². The minimum atomic E-state index is -5.19. The van der Waals surface area contributed by atoms with Crippen molar-refractivity contribution in [1.29, 1.82) is 0 Å². The molecule has 3 aliphatic rings. The van der Waals surface area contributed by atoms with Crippen molar-refractivity contribution in [2.75, 3.05) is 4.90 Å². The molecule has 268 valence electrons. The number of rotatable bonds is 8. The number of aromatic nitrogens is 1. The SMILES string of the molecule is CCCC1=C2[C@@H](CC/C(=C/c3ccc(O)c(F)c3)c3ccccn3)OB(O)C[C@@H]2[C@@H]2C(=O)N(c3cc(C(F)(F)F)cc(C(F)(F)F)c3)C(=O)[C@@H]2C1. The predicted octanol–water partition coefficient (Wildman–Crippen LogP) is 8.09. The monoisotopic (exact) mass is 716 g/mol. The van der Waals surface area contributed by atoms with Crippen molar-refractivity contribution in [3.63, 3.8) is 0 Å². The molecular formula is C36H32BF7N2O5. The van der Waals surface area contributed by atoms with Crippen LogP contribution in [0.4, 0.5) is 36.4 Å². The highest BCUT2D eigenvalue weighted by atomic mass is 19.4. The number of pyridine rings is 1. The Morgan fingerprint density at radius 1 is 1.00 bits per heavy atom. The van der Waals surface area contributed by atoms with E-state index in [9.17, 15) is 50.5 Å².